The molecule has 1 amide bonds. The van der Waals surface area contributed by atoms with Crippen LogP contribution in [-0.2, 0) is 0 Å². The summed E-state index contributed by atoms with van der Waals surface area (Å²) in [4.78, 5) is 25.2. The molecule has 2 N–H and O–H groups in total. The summed E-state index contributed by atoms with van der Waals surface area (Å²) < 4.78 is 5.49. The molecule has 0 bridgehead atoms. The molecule has 0 atom stereocenters. The van der Waals surface area contributed by atoms with Gasteiger partial charge in [-0.15, -0.1) is 0 Å². The molecule has 0 fully saturated rings. The lowest BCUT2D eigenvalue weighted by Crippen LogP contribution is -2.21. The Morgan fingerprint density at radius 3 is 2.31 bits per heavy atom. The van der Waals surface area contributed by atoms with Gasteiger partial charge in [-0.2, -0.15) is 5.10 Å². The summed E-state index contributed by atoms with van der Waals surface area (Å²) >= 11 is 0. The van der Waals surface area contributed by atoms with Gasteiger partial charge in [-0.3, -0.25) is 4.79 Å². The van der Waals surface area contributed by atoms with E-state index in [4.69, 9.17) is 4.42 Å². The smallest absolute Gasteiger partial charge is 0.345 e. The van der Waals surface area contributed by atoms with Gasteiger partial charge < -0.3 is 9.52 Å². The molecule has 6 heteroatoms. The maximum Gasteiger partial charge on any atom is 0.345 e. The van der Waals surface area contributed by atoms with E-state index in [-0.39, 0.29) is 16.9 Å². The minimum Gasteiger partial charge on any atom is -0.507 e. The number of hydrogen-bond donors (Lipinski definition) is 2. The van der Waals surface area contributed by atoms with Crippen molar-refractivity contribution in [2.75, 3.05) is 0 Å². The number of carbonyl (C=O) groups excluding carboxylic acids is 1. The standard InChI is InChI=1S/C26H18N2O4/c1-15(27-28-25(30)22-12-17-7-2-3-8-18(17)13-23(22)29)20-14-21-19-9-5-4-6-16(19)10-11-24(21)32-26(20)31/h2-14,29H,1H3,(H,28,30)/b27-15+. The molecule has 0 aliphatic rings. The number of hydrogen-bond acceptors (Lipinski definition) is 5. The fraction of sp³-hybridized carbons (Fsp3) is 0.0385. The number of benzene rings is 4. The zero-order valence-electron chi connectivity index (χ0n) is 17.1. The van der Waals surface area contributed by atoms with E-state index < -0.39 is 11.5 Å². The van der Waals surface area contributed by atoms with Crippen LogP contribution >= 0.6 is 0 Å². The van der Waals surface area contributed by atoms with Crippen molar-refractivity contribution < 1.29 is 14.3 Å². The number of rotatable bonds is 3. The van der Waals surface area contributed by atoms with Gasteiger partial charge >= 0.3 is 5.63 Å². The quantitative estimate of drug-likeness (QED) is 0.186. The van der Waals surface area contributed by atoms with E-state index in [9.17, 15) is 14.7 Å². The molecule has 0 aliphatic heterocycles. The van der Waals surface area contributed by atoms with Crippen molar-refractivity contribution in [2.45, 2.75) is 6.92 Å². The first-order chi connectivity index (χ1) is 15.5. The van der Waals surface area contributed by atoms with Gasteiger partial charge in [-0.25, -0.2) is 10.2 Å². The van der Waals surface area contributed by atoms with Gasteiger partial charge in [0.05, 0.1) is 16.8 Å². The SMILES string of the molecule is C/C(=N\NC(=O)c1cc2ccccc2cc1O)c1cc2c(ccc3ccccc32)oc1=O. The molecule has 32 heavy (non-hydrogen) atoms. The summed E-state index contributed by atoms with van der Waals surface area (Å²) in [6.45, 7) is 1.61. The maximum atomic E-state index is 12.6. The van der Waals surface area contributed by atoms with Crippen LogP contribution in [0.15, 0.2) is 93.2 Å². The second-order valence-corrected chi connectivity index (χ2v) is 7.50. The Morgan fingerprint density at radius 2 is 1.53 bits per heavy atom. The summed E-state index contributed by atoms with van der Waals surface area (Å²) in [5.74, 6) is -0.728. The van der Waals surface area contributed by atoms with E-state index in [0.717, 1.165) is 26.9 Å². The first kappa shape index (κ1) is 19.5. The predicted molar refractivity (Wildman–Crippen MR) is 125 cm³/mol. The Morgan fingerprint density at radius 1 is 0.844 bits per heavy atom. The van der Waals surface area contributed by atoms with Gasteiger partial charge in [-0.1, -0.05) is 54.6 Å². The molecule has 5 rings (SSSR count). The third kappa shape index (κ3) is 3.37. The normalized spacial score (nSPS) is 11.8. The van der Waals surface area contributed by atoms with Gasteiger partial charge in [0.1, 0.15) is 11.3 Å². The van der Waals surface area contributed by atoms with E-state index in [2.05, 4.69) is 10.5 Å². The van der Waals surface area contributed by atoms with Crippen molar-refractivity contribution in [3.63, 3.8) is 0 Å². The van der Waals surface area contributed by atoms with Crippen LogP contribution in [0.1, 0.15) is 22.8 Å². The highest BCUT2D eigenvalue weighted by Crippen LogP contribution is 2.26. The number of nitrogens with zero attached hydrogens (tertiary/aromatic N) is 1. The summed E-state index contributed by atoms with van der Waals surface area (Å²) in [6.07, 6.45) is 0. The third-order valence-corrected chi connectivity index (χ3v) is 5.47. The van der Waals surface area contributed by atoms with Crippen LogP contribution in [0, 0.1) is 0 Å². The molecule has 0 spiro atoms. The number of nitrogens with one attached hydrogen (secondary N) is 1. The average Bonchev–Trinajstić information content (AvgIpc) is 2.81. The van der Waals surface area contributed by atoms with Gasteiger partial charge in [0.2, 0.25) is 0 Å². The van der Waals surface area contributed by atoms with E-state index in [0.29, 0.717) is 11.3 Å². The predicted octanol–water partition coefficient (Wildman–Crippen LogP) is 4.96. The summed E-state index contributed by atoms with van der Waals surface area (Å²) in [5, 5.41) is 18.7. The first-order valence-electron chi connectivity index (χ1n) is 10.0. The molecule has 5 aromatic rings. The lowest BCUT2D eigenvalue weighted by atomic mass is 10.0. The molecule has 156 valence electrons. The van der Waals surface area contributed by atoms with Crippen LogP contribution in [0.2, 0.25) is 0 Å². The number of fused-ring (bicyclic) bond motifs is 4. The molecule has 1 heterocycles. The van der Waals surface area contributed by atoms with Crippen LogP contribution in [0.5, 0.6) is 5.75 Å². The summed E-state index contributed by atoms with van der Waals surface area (Å²) in [6, 6.07) is 23.7. The monoisotopic (exact) mass is 422 g/mol. The second-order valence-electron chi connectivity index (χ2n) is 7.50. The zero-order valence-corrected chi connectivity index (χ0v) is 17.1. The molecule has 0 saturated carbocycles. The maximum absolute atomic E-state index is 12.6. The zero-order chi connectivity index (χ0) is 22.2. The Hall–Kier alpha value is -4.45. The highest BCUT2D eigenvalue weighted by Gasteiger charge is 2.14. The van der Waals surface area contributed by atoms with Crippen LogP contribution in [0.3, 0.4) is 0 Å². The Labute approximate surface area is 182 Å². The minimum absolute atomic E-state index is 0.0942. The van der Waals surface area contributed by atoms with E-state index in [1.54, 1.807) is 25.1 Å². The number of phenolic OH excluding ortho intramolecular Hbond substituents is 1. The highest BCUT2D eigenvalue weighted by molar-refractivity contribution is 6.09. The fourth-order valence-corrected chi connectivity index (χ4v) is 3.79. The van der Waals surface area contributed by atoms with Crippen LogP contribution < -0.4 is 11.1 Å². The van der Waals surface area contributed by atoms with Crippen LogP contribution in [0.4, 0.5) is 0 Å². The molecule has 4 aromatic carbocycles. The summed E-state index contributed by atoms with van der Waals surface area (Å²) in [7, 11) is 0. The second kappa shape index (κ2) is 7.67. The number of aromatic hydroxyl groups is 1. The Kier molecular flexibility index (Phi) is 4.67. The van der Waals surface area contributed by atoms with E-state index in [1.807, 2.05) is 54.6 Å². The van der Waals surface area contributed by atoms with Crippen molar-refractivity contribution in [1.82, 2.24) is 5.43 Å². The topological polar surface area (TPSA) is 91.9 Å². The summed E-state index contributed by atoms with van der Waals surface area (Å²) in [5.41, 5.74) is 3.00. The van der Waals surface area contributed by atoms with Gasteiger partial charge in [-0.05, 0) is 52.7 Å². The number of carbonyl (C=O) groups is 1. The number of amides is 1. The van der Waals surface area contributed by atoms with Crippen molar-refractivity contribution >= 4 is 44.1 Å². The average molecular weight is 422 g/mol. The molecule has 6 nitrogen and oxygen atoms in total. The van der Waals surface area contributed by atoms with Crippen molar-refractivity contribution in [3.05, 3.63) is 100 Å². The van der Waals surface area contributed by atoms with E-state index >= 15 is 0 Å². The van der Waals surface area contributed by atoms with Crippen LogP contribution in [0.25, 0.3) is 32.5 Å². The Bertz CT molecular complexity index is 1620. The van der Waals surface area contributed by atoms with E-state index in [1.165, 1.54) is 6.07 Å². The molecule has 0 radical (unpaired) electrons. The first-order valence-corrected chi connectivity index (χ1v) is 10.0. The van der Waals surface area contributed by atoms with Crippen molar-refractivity contribution in [2.24, 2.45) is 5.10 Å². The number of hydrazone groups is 1. The molecule has 0 unspecified atom stereocenters. The van der Waals surface area contributed by atoms with Gasteiger partial charge in [0, 0.05) is 5.39 Å². The number of phenols is 1. The van der Waals surface area contributed by atoms with Gasteiger partial charge in [0.25, 0.3) is 5.91 Å². The van der Waals surface area contributed by atoms with Crippen molar-refractivity contribution in [1.29, 1.82) is 0 Å². The van der Waals surface area contributed by atoms with Crippen LogP contribution in [-0.4, -0.2) is 16.7 Å². The largest absolute Gasteiger partial charge is 0.507 e. The van der Waals surface area contributed by atoms with Gasteiger partial charge in [0.15, 0.2) is 0 Å². The lowest BCUT2D eigenvalue weighted by Gasteiger charge is -2.07. The lowest BCUT2D eigenvalue weighted by molar-refractivity contribution is 0.0952. The highest BCUT2D eigenvalue weighted by atomic mass is 16.4. The van der Waals surface area contributed by atoms with Crippen molar-refractivity contribution in [3.8, 4) is 5.75 Å². The minimum atomic E-state index is -0.580. The molecular formula is C26H18N2O4. The molecule has 1 aromatic heterocycles. The third-order valence-electron chi connectivity index (χ3n) is 5.47. The fourth-order valence-electron chi connectivity index (χ4n) is 3.79. The molecule has 0 saturated heterocycles. The Balaban J connectivity index is 1.50. The molecular weight excluding hydrogens is 404 g/mol. The molecule has 0 aliphatic carbocycles.